The van der Waals surface area contributed by atoms with Crippen molar-refractivity contribution < 1.29 is 4.79 Å². The Morgan fingerprint density at radius 2 is 1.92 bits per heavy atom. The van der Waals surface area contributed by atoms with Crippen LogP contribution in [-0.4, -0.2) is 36.9 Å². The highest BCUT2D eigenvalue weighted by Gasteiger charge is 2.21. The standard InChI is InChI=1S/C20H20ClN3O/c1-15(25)19-6-5-16(13-22)12-20(19)24-9-7-23(8-10-24)14-17-3-2-4-18(21)11-17/h2-6,11-12H,7-10,14H2,1H3. The summed E-state index contributed by atoms with van der Waals surface area (Å²) in [6.45, 7) is 5.90. The molecule has 1 aliphatic heterocycles. The summed E-state index contributed by atoms with van der Waals surface area (Å²) in [5.74, 6) is 0.0286. The quantitative estimate of drug-likeness (QED) is 0.786. The van der Waals surface area contributed by atoms with E-state index in [2.05, 4.69) is 21.9 Å². The van der Waals surface area contributed by atoms with Gasteiger partial charge in [-0.15, -0.1) is 0 Å². The molecule has 0 unspecified atom stereocenters. The number of hydrogen-bond acceptors (Lipinski definition) is 4. The molecule has 0 spiro atoms. The van der Waals surface area contributed by atoms with Crippen molar-refractivity contribution in [3.05, 3.63) is 64.2 Å². The smallest absolute Gasteiger partial charge is 0.161 e. The molecule has 128 valence electrons. The van der Waals surface area contributed by atoms with Crippen LogP contribution in [0.3, 0.4) is 0 Å². The van der Waals surface area contributed by atoms with E-state index in [9.17, 15) is 4.79 Å². The first-order chi connectivity index (χ1) is 12.1. The zero-order chi connectivity index (χ0) is 17.8. The van der Waals surface area contributed by atoms with Gasteiger partial charge < -0.3 is 4.90 Å². The third-order valence-corrected chi connectivity index (χ3v) is 4.75. The second-order valence-electron chi connectivity index (χ2n) is 6.29. The fourth-order valence-electron chi connectivity index (χ4n) is 3.20. The third kappa shape index (κ3) is 4.19. The van der Waals surface area contributed by atoms with E-state index in [1.807, 2.05) is 24.3 Å². The first-order valence-corrected chi connectivity index (χ1v) is 8.71. The Bertz CT molecular complexity index is 820. The van der Waals surface area contributed by atoms with Crippen LogP contribution in [0.1, 0.15) is 28.4 Å². The van der Waals surface area contributed by atoms with Crippen molar-refractivity contribution in [2.24, 2.45) is 0 Å². The Hall–Kier alpha value is -2.35. The number of halogens is 1. The molecule has 0 N–H and O–H groups in total. The Balaban J connectivity index is 1.70. The Labute approximate surface area is 153 Å². The van der Waals surface area contributed by atoms with Crippen molar-refractivity contribution >= 4 is 23.1 Å². The number of carbonyl (C=O) groups excluding carboxylic acids is 1. The lowest BCUT2D eigenvalue weighted by atomic mass is 10.0. The Kier molecular flexibility index (Phi) is 5.37. The number of hydrogen-bond donors (Lipinski definition) is 0. The van der Waals surface area contributed by atoms with Crippen LogP contribution >= 0.6 is 11.6 Å². The summed E-state index contributed by atoms with van der Waals surface area (Å²) in [7, 11) is 0. The maximum absolute atomic E-state index is 11.9. The van der Waals surface area contributed by atoms with Crippen LogP contribution < -0.4 is 4.90 Å². The molecule has 0 aliphatic carbocycles. The number of benzene rings is 2. The first kappa shape index (κ1) is 17.5. The summed E-state index contributed by atoms with van der Waals surface area (Å²) in [4.78, 5) is 16.5. The average Bonchev–Trinajstić information content (AvgIpc) is 2.62. The molecule has 0 aromatic heterocycles. The molecule has 1 fully saturated rings. The van der Waals surface area contributed by atoms with Crippen molar-refractivity contribution in [3.8, 4) is 6.07 Å². The molecule has 5 heteroatoms. The van der Waals surface area contributed by atoms with Gasteiger partial charge in [-0.25, -0.2) is 0 Å². The molecule has 0 amide bonds. The maximum Gasteiger partial charge on any atom is 0.161 e. The van der Waals surface area contributed by atoms with Gasteiger partial charge >= 0.3 is 0 Å². The molecule has 1 aliphatic rings. The minimum Gasteiger partial charge on any atom is -0.368 e. The molecule has 1 heterocycles. The van der Waals surface area contributed by atoms with Gasteiger partial charge in [0.05, 0.1) is 11.6 Å². The van der Waals surface area contributed by atoms with Crippen LogP contribution in [0.4, 0.5) is 5.69 Å². The van der Waals surface area contributed by atoms with Gasteiger partial charge in [-0.3, -0.25) is 9.69 Å². The van der Waals surface area contributed by atoms with Crippen LogP contribution in [0.2, 0.25) is 5.02 Å². The van der Waals surface area contributed by atoms with Gasteiger partial charge in [0.2, 0.25) is 0 Å². The molecular weight excluding hydrogens is 334 g/mol. The van der Waals surface area contributed by atoms with E-state index in [0.29, 0.717) is 11.1 Å². The second kappa shape index (κ2) is 7.69. The lowest BCUT2D eigenvalue weighted by molar-refractivity contribution is 0.101. The van der Waals surface area contributed by atoms with Crippen LogP contribution in [0.25, 0.3) is 0 Å². The first-order valence-electron chi connectivity index (χ1n) is 8.33. The molecule has 25 heavy (non-hydrogen) atoms. The number of carbonyl (C=O) groups is 1. The minimum absolute atomic E-state index is 0.0286. The number of anilines is 1. The lowest BCUT2D eigenvalue weighted by Gasteiger charge is -2.37. The maximum atomic E-state index is 11.9. The monoisotopic (exact) mass is 353 g/mol. The van der Waals surface area contributed by atoms with Gasteiger partial charge in [-0.2, -0.15) is 5.26 Å². The molecule has 0 bridgehead atoms. The van der Waals surface area contributed by atoms with E-state index >= 15 is 0 Å². The number of nitrogens with zero attached hydrogens (tertiary/aromatic N) is 3. The van der Waals surface area contributed by atoms with E-state index in [-0.39, 0.29) is 5.78 Å². The van der Waals surface area contributed by atoms with Gasteiger partial charge in [0.15, 0.2) is 5.78 Å². The molecule has 3 rings (SSSR count). The number of nitriles is 1. The highest BCUT2D eigenvalue weighted by Crippen LogP contribution is 2.25. The van der Waals surface area contributed by atoms with E-state index in [4.69, 9.17) is 16.9 Å². The third-order valence-electron chi connectivity index (χ3n) is 4.51. The number of Topliss-reactive ketones (excluding diaryl/α,β-unsaturated/α-hetero) is 1. The predicted molar refractivity (Wildman–Crippen MR) is 100 cm³/mol. The molecule has 2 aromatic carbocycles. The lowest BCUT2D eigenvalue weighted by Crippen LogP contribution is -2.46. The van der Waals surface area contributed by atoms with Crippen molar-refractivity contribution in [1.82, 2.24) is 4.90 Å². The molecular formula is C20H20ClN3O. The zero-order valence-corrected chi connectivity index (χ0v) is 15.0. The average molecular weight is 354 g/mol. The van der Waals surface area contributed by atoms with E-state index in [1.165, 1.54) is 5.56 Å². The minimum atomic E-state index is 0.0286. The highest BCUT2D eigenvalue weighted by atomic mass is 35.5. The second-order valence-corrected chi connectivity index (χ2v) is 6.73. The SMILES string of the molecule is CC(=O)c1ccc(C#N)cc1N1CCN(Cc2cccc(Cl)c2)CC1. The molecule has 2 aromatic rings. The number of rotatable bonds is 4. The van der Waals surface area contributed by atoms with Crippen LogP contribution in [-0.2, 0) is 6.54 Å². The fraction of sp³-hybridized carbons (Fsp3) is 0.300. The molecule has 1 saturated heterocycles. The van der Waals surface area contributed by atoms with Crippen LogP contribution in [0, 0.1) is 11.3 Å². The van der Waals surface area contributed by atoms with Crippen LogP contribution in [0.15, 0.2) is 42.5 Å². The number of piperazine rings is 1. The summed E-state index contributed by atoms with van der Waals surface area (Å²) in [6.07, 6.45) is 0. The highest BCUT2D eigenvalue weighted by molar-refractivity contribution is 6.30. The van der Waals surface area contributed by atoms with Gasteiger partial charge in [0.25, 0.3) is 0 Å². The number of ketones is 1. The molecule has 0 saturated carbocycles. The van der Waals surface area contributed by atoms with E-state index < -0.39 is 0 Å². The Morgan fingerprint density at radius 3 is 2.56 bits per heavy atom. The van der Waals surface area contributed by atoms with Crippen molar-refractivity contribution in [2.45, 2.75) is 13.5 Å². The predicted octanol–water partition coefficient (Wildman–Crippen LogP) is 3.74. The van der Waals surface area contributed by atoms with Crippen molar-refractivity contribution in [3.63, 3.8) is 0 Å². The van der Waals surface area contributed by atoms with Gasteiger partial charge in [0.1, 0.15) is 0 Å². The van der Waals surface area contributed by atoms with Gasteiger partial charge in [0, 0.05) is 49.0 Å². The van der Waals surface area contributed by atoms with Crippen molar-refractivity contribution in [2.75, 3.05) is 31.1 Å². The topological polar surface area (TPSA) is 47.3 Å². The summed E-state index contributed by atoms with van der Waals surface area (Å²) in [5.41, 5.74) is 3.34. The summed E-state index contributed by atoms with van der Waals surface area (Å²) < 4.78 is 0. The largest absolute Gasteiger partial charge is 0.368 e. The summed E-state index contributed by atoms with van der Waals surface area (Å²) in [6, 6.07) is 15.4. The summed E-state index contributed by atoms with van der Waals surface area (Å²) >= 11 is 6.06. The summed E-state index contributed by atoms with van der Waals surface area (Å²) in [5, 5.41) is 9.91. The van der Waals surface area contributed by atoms with E-state index in [0.717, 1.165) is 43.4 Å². The molecule has 0 radical (unpaired) electrons. The fourth-order valence-corrected chi connectivity index (χ4v) is 3.41. The van der Waals surface area contributed by atoms with Crippen molar-refractivity contribution in [1.29, 1.82) is 5.26 Å². The molecule has 4 nitrogen and oxygen atoms in total. The normalized spacial score (nSPS) is 15.0. The van der Waals surface area contributed by atoms with E-state index in [1.54, 1.807) is 19.1 Å². The Morgan fingerprint density at radius 1 is 1.16 bits per heavy atom. The molecule has 0 atom stereocenters. The van der Waals surface area contributed by atoms with Gasteiger partial charge in [-0.05, 0) is 42.8 Å². The van der Waals surface area contributed by atoms with Crippen LogP contribution in [0.5, 0.6) is 0 Å². The van der Waals surface area contributed by atoms with Gasteiger partial charge in [-0.1, -0.05) is 23.7 Å². The zero-order valence-electron chi connectivity index (χ0n) is 14.2.